The van der Waals surface area contributed by atoms with Crippen molar-refractivity contribution in [3.05, 3.63) is 53.6 Å². The smallest absolute Gasteiger partial charge is 0.241 e. The molecule has 26 heavy (non-hydrogen) atoms. The molecule has 6 heteroatoms. The topological polar surface area (TPSA) is 44.8 Å². The van der Waals surface area contributed by atoms with Crippen molar-refractivity contribution in [2.45, 2.75) is 13.0 Å². The Morgan fingerprint density at radius 1 is 1.12 bits per heavy atom. The fourth-order valence-electron chi connectivity index (χ4n) is 3.19. The van der Waals surface area contributed by atoms with Crippen LogP contribution in [-0.2, 0) is 4.79 Å². The van der Waals surface area contributed by atoms with E-state index >= 15 is 0 Å². The first-order chi connectivity index (χ1) is 12.6. The number of ether oxygens (including phenoxy) is 1. The van der Waals surface area contributed by atoms with E-state index in [4.69, 9.17) is 16.3 Å². The number of para-hydroxylation sites is 2. The van der Waals surface area contributed by atoms with Crippen molar-refractivity contribution in [2.75, 3.05) is 43.5 Å². The molecule has 1 aliphatic rings. The summed E-state index contributed by atoms with van der Waals surface area (Å²) >= 11 is 6.09. The molecule has 0 bridgehead atoms. The third-order valence-electron chi connectivity index (χ3n) is 4.78. The van der Waals surface area contributed by atoms with Gasteiger partial charge in [0.05, 0.1) is 18.8 Å². The highest BCUT2D eigenvalue weighted by Crippen LogP contribution is 2.24. The Hall–Kier alpha value is -2.24. The summed E-state index contributed by atoms with van der Waals surface area (Å²) in [5.74, 6) is 0.643. The summed E-state index contributed by atoms with van der Waals surface area (Å²) in [5, 5.41) is 3.72. The number of halogens is 1. The first-order valence-corrected chi connectivity index (χ1v) is 9.14. The normalized spacial score (nSPS) is 16.2. The van der Waals surface area contributed by atoms with E-state index in [1.165, 1.54) is 0 Å². The largest absolute Gasteiger partial charge is 0.495 e. The molecule has 1 atom stereocenters. The molecule has 1 heterocycles. The average Bonchev–Trinajstić information content (AvgIpc) is 2.68. The predicted molar refractivity (Wildman–Crippen MR) is 106 cm³/mol. The molecule has 2 aromatic carbocycles. The van der Waals surface area contributed by atoms with Crippen LogP contribution in [0.4, 0.5) is 11.4 Å². The van der Waals surface area contributed by atoms with Gasteiger partial charge in [0, 0.05) is 36.9 Å². The maximum atomic E-state index is 12.6. The molecule has 138 valence electrons. The van der Waals surface area contributed by atoms with E-state index in [0.29, 0.717) is 11.4 Å². The molecule has 0 aromatic heterocycles. The molecule has 0 spiro atoms. The second kappa shape index (κ2) is 8.43. The molecule has 1 aliphatic heterocycles. The quantitative estimate of drug-likeness (QED) is 0.871. The monoisotopic (exact) mass is 373 g/mol. The molecular formula is C20H24ClN3O2. The van der Waals surface area contributed by atoms with Gasteiger partial charge in [0.1, 0.15) is 5.75 Å². The van der Waals surface area contributed by atoms with Gasteiger partial charge >= 0.3 is 0 Å². The number of nitrogens with zero attached hydrogens (tertiary/aromatic N) is 2. The van der Waals surface area contributed by atoms with Gasteiger partial charge in [-0.15, -0.1) is 0 Å². The zero-order chi connectivity index (χ0) is 18.5. The van der Waals surface area contributed by atoms with Crippen molar-refractivity contribution >= 4 is 28.9 Å². The fourth-order valence-corrected chi connectivity index (χ4v) is 3.38. The van der Waals surface area contributed by atoms with Crippen LogP contribution in [0.25, 0.3) is 0 Å². The summed E-state index contributed by atoms with van der Waals surface area (Å²) in [6.45, 7) is 5.33. The second-order valence-electron chi connectivity index (χ2n) is 6.37. The first kappa shape index (κ1) is 18.5. The Bertz CT molecular complexity index is 760. The van der Waals surface area contributed by atoms with Crippen LogP contribution in [-0.4, -0.2) is 50.1 Å². The lowest BCUT2D eigenvalue weighted by Crippen LogP contribution is -2.52. The van der Waals surface area contributed by atoms with E-state index < -0.39 is 0 Å². The first-order valence-electron chi connectivity index (χ1n) is 8.77. The van der Waals surface area contributed by atoms with Crippen molar-refractivity contribution in [1.29, 1.82) is 0 Å². The van der Waals surface area contributed by atoms with Crippen LogP contribution >= 0.6 is 11.6 Å². The van der Waals surface area contributed by atoms with E-state index in [1.54, 1.807) is 7.11 Å². The molecule has 3 rings (SSSR count). The zero-order valence-corrected chi connectivity index (χ0v) is 15.9. The molecule has 5 nitrogen and oxygen atoms in total. The van der Waals surface area contributed by atoms with E-state index in [2.05, 4.69) is 21.2 Å². The van der Waals surface area contributed by atoms with Crippen LogP contribution in [0, 0.1) is 0 Å². The molecule has 1 fully saturated rings. The van der Waals surface area contributed by atoms with Crippen molar-refractivity contribution in [3.8, 4) is 5.75 Å². The van der Waals surface area contributed by atoms with Gasteiger partial charge in [-0.1, -0.05) is 29.8 Å². The summed E-state index contributed by atoms with van der Waals surface area (Å²) in [6.07, 6.45) is 0. The molecular weight excluding hydrogens is 350 g/mol. The van der Waals surface area contributed by atoms with Crippen LogP contribution < -0.4 is 15.0 Å². The number of nitrogens with one attached hydrogen (secondary N) is 1. The molecule has 0 saturated carbocycles. The maximum Gasteiger partial charge on any atom is 0.241 e. The maximum absolute atomic E-state index is 12.6. The summed E-state index contributed by atoms with van der Waals surface area (Å²) in [4.78, 5) is 17.1. The molecule has 0 unspecified atom stereocenters. The van der Waals surface area contributed by atoms with Crippen LogP contribution in [0.2, 0.25) is 5.02 Å². The summed E-state index contributed by atoms with van der Waals surface area (Å²) < 4.78 is 5.30. The van der Waals surface area contributed by atoms with Crippen LogP contribution in [0.1, 0.15) is 6.92 Å². The minimum atomic E-state index is -0.207. The lowest BCUT2D eigenvalue weighted by molar-refractivity contribution is -0.120. The molecule has 2 aromatic rings. The summed E-state index contributed by atoms with van der Waals surface area (Å²) in [7, 11) is 1.60. The van der Waals surface area contributed by atoms with Gasteiger partial charge in [-0.2, -0.15) is 0 Å². The number of piperazine rings is 1. The zero-order valence-electron chi connectivity index (χ0n) is 15.1. The summed E-state index contributed by atoms with van der Waals surface area (Å²) in [5.41, 5.74) is 1.83. The van der Waals surface area contributed by atoms with Gasteiger partial charge < -0.3 is 15.0 Å². The van der Waals surface area contributed by atoms with Gasteiger partial charge in [-0.05, 0) is 37.3 Å². The standard InChI is InChI=1S/C20H24ClN3O2/c1-15(20(25)22-18-8-3-4-9-19(18)26-2)23-10-12-24(13-11-23)17-7-5-6-16(21)14-17/h3-9,14-15H,10-13H2,1-2H3,(H,22,25)/t15-/m0/s1. The Kier molecular flexibility index (Phi) is 6.01. The number of carbonyl (C=O) groups excluding carboxylic acids is 1. The third-order valence-corrected chi connectivity index (χ3v) is 5.01. The van der Waals surface area contributed by atoms with Crippen LogP contribution in [0.5, 0.6) is 5.75 Å². The minimum Gasteiger partial charge on any atom is -0.495 e. The van der Waals surface area contributed by atoms with Crippen molar-refractivity contribution in [2.24, 2.45) is 0 Å². The van der Waals surface area contributed by atoms with Gasteiger partial charge in [0.15, 0.2) is 0 Å². The average molecular weight is 374 g/mol. The van der Waals surface area contributed by atoms with E-state index in [1.807, 2.05) is 49.4 Å². The fraction of sp³-hybridized carbons (Fsp3) is 0.350. The molecule has 1 saturated heterocycles. The van der Waals surface area contributed by atoms with Gasteiger partial charge in [0.25, 0.3) is 0 Å². The van der Waals surface area contributed by atoms with Crippen LogP contribution in [0.15, 0.2) is 48.5 Å². The van der Waals surface area contributed by atoms with Crippen molar-refractivity contribution < 1.29 is 9.53 Å². The highest BCUT2D eigenvalue weighted by molar-refractivity contribution is 6.30. The number of methoxy groups -OCH3 is 1. The minimum absolute atomic E-state index is 0.0225. The highest BCUT2D eigenvalue weighted by Gasteiger charge is 2.26. The van der Waals surface area contributed by atoms with Crippen molar-refractivity contribution in [3.63, 3.8) is 0 Å². The molecule has 1 amide bonds. The van der Waals surface area contributed by atoms with Gasteiger partial charge in [0.2, 0.25) is 5.91 Å². The Morgan fingerprint density at radius 3 is 2.54 bits per heavy atom. The van der Waals surface area contributed by atoms with E-state index in [-0.39, 0.29) is 11.9 Å². The number of hydrogen-bond donors (Lipinski definition) is 1. The lowest BCUT2D eigenvalue weighted by Gasteiger charge is -2.38. The lowest BCUT2D eigenvalue weighted by atomic mass is 10.2. The van der Waals surface area contributed by atoms with Crippen molar-refractivity contribution in [1.82, 2.24) is 4.90 Å². The number of anilines is 2. The number of amides is 1. The number of benzene rings is 2. The number of hydrogen-bond acceptors (Lipinski definition) is 4. The Morgan fingerprint density at radius 2 is 1.85 bits per heavy atom. The second-order valence-corrected chi connectivity index (χ2v) is 6.80. The predicted octanol–water partition coefficient (Wildman–Crippen LogP) is 3.50. The van der Waals surface area contributed by atoms with Gasteiger partial charge in [-0.25, -0.2) is 0 Å². The molecule has 0 radical (unpaired) electrons. The summed E-state index contributed by atoms with van der Waals surface area (Å²) in [6, 6.07) is 15.1. The van der Waals surface area contributed by atoms with Crippen LogP contribution in [0.3, 0.4) is 0 Å². The molecule has 1 N–H and O–H groups in total. The third kappa shape index (κ3) is 4.29. The molecule has 0 aliphatic carbocycles. The Balaban J connectivity index is 1.57. The number of rotatable bonds is 5. The highest BCUT2D eigenvalue weighted by atomic mass is 35.5. The number of carbonyl (C=O) groups is 1. The Labute approximate surface area is 159 Å². The van der Waals surface area contributed by atoms with E-state index in [0.717, 1.165) is 36.9 Å². The van der Waals surface area contributed by atoms with Gasteiger partial charge in [-0.3, -0.25) is 9.69 Å². The van der Waals surface area contributed by atoms with E-state index in [9.17, 15) is 4.79 Å². The SMILES string of the molecule is COc1ccccc1NC(=O)[C@H](C)N1CCN(c2cccc(Cl)c2)CC1.